The molecule has 0 spiro atoms. The van der Waals surface area contributed by atoms with Crippen molar-refractivity contribution >= 4 is 83.7 Å². The highest BCUT2D eigenvalue weighted by Crippen LogP contribution is 2.40. The first-order chi connectivity index (χ1) is 20.4. The Hall–Kier alpha value is -2.18. The first kappa shape index (κ1) is 38.8. The van der Waals surface area contributed by atoms with E-state index in [1.807, 2.05) is 62.7 Å². The van der Waals surface area contributed by atoms with Crippen LogP contribution in [0.3, 0.4) is 0 Å². The Bertz CT molecular complexity index is 1340. The maximum atomic E-state index is 14.5. The molecule has 1 fully saturated rings. The topological polar surface area (TPSA) is 87.3 Å². The number of benzene rings is 3. The summed E-state index contributed by atoms with van der Waals surface area (Å²) in [6.45, 7) is 12.1. The fraction of sp³-hybridized carbons (Fsp3) is 0.344. The highest BCUT2D eigenvalue weighted by atomic mass is 127. The van der Waals surface area contributed by atoms with E-state index >= 15 is 0 Å². The normalized spacial score (nSPS) is 16.3. The van der Waals surface area contributed by atoms with E-state index in [4.69, 9.17) is 23.2 Å². The standard InChI is InChI=1S/C19H19Cl2FN2O.C11H13NO2.C2H6.HIS/c1-19(2)16(18(25)24-12-6-3-5-11(20)9-12)14(10-23-19)13-7-4-8-15(21)17(13)22;1-8(2)11(14)9-3-5-10(6-4-9)12-7-13;2*1-2/h3-9,14,16,23H,10H2,1-2H3,(H,24,25);3-8H,1-2H3,(H,12,13);1-2H3;2H. The van der Waals surface area contributed by atoms with Crippen LogP contribution in [-0.2, 0) is 9.59 Å². The number of carbonyl (C=O) groups is 3. The van der Waals surface area contributed by atoms with Crippen molar-refractivity contribution in [1.29, 1.82) is 0 Å². The molecule has 1 saturated heterocycles. The number of amides is 2. The molecule has 1 aliphatic rings. The Morgan fingerprint density at radius 3 is 2.19 bits per heavy atom. The number of nitrogens with one attached hydrogen (secondary N) is 3. The lowest BCUT2D eigenvalue weighted by atomic mass is 9.78. The predicted octanol–water partition coefficient (Wildman–Crippen LogP) is 9.24. The number of rotatable bonds is 7. The lowest BCUT2D eigenvalue weighted by molar-refractivity contribution is -0.121. The first-order valence-electron chi connectivity index (χ1n) is 13.7. The number of Topliss-reactive ketones (excluding diaryl/α,β-unsaturated/α-hetero) is 1. The molecule has 11 heteroatoms. The van der Waals surface area contributed by atoms with Crippen molar-refractivity contribution in [3.8, 4) is 0 Å². The molecule has 0 aliphatic carbocycles. The second-order valence-corrected chi connectivity index (χ2v) is 11.0. The molecule has 3 N–H and O–H groups in total. The lowest BCUT2D eigenvalue weighted by Crippen LogP contribution is -2.44. The summed E-state index contributed by atoms with van der Waals surface area (Å²) in [4.78, 5) is 34.6. The maximum Gasteiger partial charge on any atom is 0.230 e. The molecule has 2 atom stereocenters. The van der Waals surface area contributed by atoms with Gasteiger partial charge < -0.3 is 16.0 Å². The monoisotopic (exact) mass is 761 g/mol. The minimum absolute atomic E-state index is 0.000111. The van der Waals surface area contributed by atoms with E-state index in [1.165, 1.54) is 6.07 Å². The van der Waals surface area contributed by atoms with Crippen molar-refractivity contribution in [2.45, 2.75) is 53.0 Å². The molecule has 43 heavy (non-hydrogen) atoms. The Kier molecular flexibility index (Phi) is 17.4. The van der Waals surface area contributed by atoms with Gasteiger partial charge in [-0.05, 0) is 89.1 Å². The number of thiol groups is 1. The van der Waals surface area contributed by atoms with Crippen LogP contribution < -0.4 is 16.0 Å². The molecule has 3 aromatic rings. The summed E-state index contributed by atoms with van der Waals surface area (Å²) < 4.78 is 14.5. The molecule has 1 aliphatic heterocycles. The molecular weight excluding hydrogens is 723 g/mol. The molecule has 2 amide bonds. The Morgan fingerprint density at radius 2 is 1.63 bits per heavy atom. The van der Waals surface area contributed by atoms with E-state index in [1.54, 1.807) is 60.7 Å². The minimum Gasteiger partial charge on any atom is -0.329 e. The average molecular weight is 763 g/mol. The third-order valence-electron chi connectivity index (χ3n) is 6.63. The van der Waals surface area contributed by atoms with Crippen molar-refractivity contribution < 1.29 is 18.8 Å². The minimum atomic E-state index is -0.484. The highest BCUT2D eigenvalue weighted by molar-refractivity contribution is 14.2. The summed E-state index contributed by atoms with van der Waals surface area (Å²) in [7, 11) is 3.50. The predicted molar refractivity (Wildman–Crippen MR) is 189 cm³/mol. The van der Waals surface area contributed by atoms with E-state index in [-0.39, 0.29) is 28.5 Å². The molecule has 234 valence electrons. The van der Waals surface area contributed by atoms with Crippen molar-refractivity contribution in [3.05, 3.63) is 93.7 Å². The van der Waals surface area contributed by atoms with Crippen LogP contribution in [0.25, 0.3) is 0 Å². The fourth-order valence-corrected chi connectivity index (χ4v) is 5.00. The third kappa shape index (κ3) is 11.4. The van der Waals surface area contributed by atoms with Crippen LogP contribution in [0, 0.1) is 17.7 Å². The van der Waals surface area contributed by atoms with E-state index < -0.39 is 17.3 Å². The van der Waals surface area contributed by atoms with Crippen molar-refractivity contribution in [1.82, 2.24) is 5.32 Å². The summed E-state index contributed by atoms with van der Waals surface area (Å²) in [5.74, 6) is -1.30. The fourth-order valence-electron chi connectivity index (χ4n) is 4.63. The molecule has 4 rings (SSSR count). The molecule has 3 aromatic carbocycles. The number of carbonyl (C=O) groups excluding carboxylic acids is 3. The molecule has 0 saturated carbocycles. The Balaban J connectivity index is 0.000000437. The van der Waals surface area contributed by atoms with Gasteiger partial charge in [0.25, 0.3) is 0 Å². The number of hydrogen-bond donors (Lipinski definition) is 4. The third-order valence-corrected chi connectivity index (χ3v) is 7.16. The molecule has 6 nitrogen and oxygen atoms in total. The van der Waals surface area contributed by atoms with Crippen LogP contribution in [0.1, 0.15) is 63.4 Å². The van der Waals surface area contributed by atoms with E-state index in [9.17, 15) is 18.8 Å². The highest BCUT2D eigenvalue weighted by Gasteiger charge is 2.47. The maximum absolute atomic E-state index is 14.5. The largest absolute Gasteiger partial charge is 0.329 e. The van der Waals surface area contributed by atoms with Crippen LogP contribution in [0.4, 0.5) is 15.8 Å². The molecule has 0 bridgehead atoms. The van der Waals surface area contributed by atoms with Crippen LogP contribution in [0.2, 0.25) is 10.0 Å². The van der Waals surface area contributed by atoms with Gasteiger partial charge in [0.15, 0.2) is 5.78 Å². The van der Waals surface area contributed by atoms with Crippen molar-refractivity contribution in [3.63, 3.8) is 0 Å². The summed E-state index contributed by atoms with van der Waals surface area (Å²) in [6, 6.07) is 18.7. The second kappa shape index (κ2) is 19.3. The first-order valence-corrected chi connectivity index (χ1v) is 17.7. The second-order valence-electron chi connectivity index (χ2n) is 10.2. The zero-order chi connectivity index (χ0) is 32.7. The number of anilines is 2. The molecule has 0 radical (unpaired) electrons. The lowest BCUT2D eigenvalue weighted by Gasteiger charge is -2.29. The van der Waals surface area contributed by atoms with E-state index in [2.05, 4.69) is 25.8 Å². The van der Waals surface area contributed by atoms with Gasteiger partial charge in [0.1, 0.15) is 5.82 Å². The van der Waals surface area contributed by atoms with Gasteiger partial charge in [0, 0.05) is 45.9 Å². The van der Waals surface area contributed by atoms with Gasteiger partial charge in [0.05, 0.1) is 10.9 Å². The smallest absolute Gasteiger partial charge is 0.230 e. The summed E-state index contributed by atoms with van der Waals surface area (Å²) in [5, 5.41) is 9.34. The SMILES string of the molecule is CC.CC(C)C(=O)c1ccc(NC=O)cc1.CC1(C)NCC(c2cccc(Cl)c2F)C1C(=O)Nc1cccc(Cl)c1.SI. The van der Waals surface area contributed by atoms with Crippen LogP contribution in [0.5, 0.6) is 0 Å². The quantitative estimate of drug-likeness (QED) is 0.0837. The van der Waals surface area contributed by atoms with Gasteiger partial charge in [-0.15, -0.1) is 9.80 Å². The van der Waals surface area contributed by atoms with E-state index in [0.29, 0.717) is 40.5 Å². The van der Waals surface area contributed by atoms with Gasteiger partial charge in [0.2, 0.25) is 12.3 Å². The zero-order valence-corrected chi connectivity index (χ0v) is 29.6. The molecule has 1 heterocycles. The molecule has 2 unspecified atom stereocenters. The zero-order valence-electron chi connectivity index (χ0n) is 25.1. The summed E-state index contributed by atoms with van der Waals surface area (Å²) in [6.07, 6.45) is 0.610. The number of halogens is 4. The van der Waals surface area contributed by atoms with Crippen molar-refractivity contribution in [2.24, 2.45) is 11.8 Å². The van der Waals surface area contributed by atoms with Crippen LogP contribution in [-0.4, -0.2) is 30.2 Å². The van der Waals surface area contributed by atoms with Gasteiger partial charge in [-0.1, -0.05) is 69.1 Å². The molecule has 0 aromatic heterocycles. The van der Waals surface area contributed by atoms with Crippen LogP contribution >= 0.6 is 54.2 Å². The molecular formula is C32H39Cl2FIN3O3S. The average Bonchev–Trinajstić information content (AvgIpc) is 3.31. The summed E-state index contributed by atoms with van der Waals surface area (Å²) in [5.41, 5.74) is 1.96. The van der Waals surface area contributed by atoms with Crippen LogP contribution in [0.15, 0.2) is 66.7 Å². The van der Waals surface area contributed by atoms with Gasteiger partial charge >= 0.3 is 0 Å². The number of hydrogen-bond acceptors (Lipinski definition) is 5. The Morgan fingerprint density at radius 1 is 1.02 bits per heavy atom. The van der Waals surface area contributed by atoms with Gasteiger partial charge in [-0.3, -0.25) is 14.4 Å². The van der Waals surface area contributed by atoms with E-state index in [0.717, 1.165) is 0 Å². The number of ketones is 1. The van der Waals surface area contributed by atoms with Crippen molar-refractivity contribution in [2.75, 3.05) is 17.2 Å². The van der Waals surface area contributed by atoms with Gasteiger partial charge in [-0.2, -0.15) is 0 Å². The Labute approximate surface area is 281 Å². The van der Waals surface area contributed by atoms with Gasteiger partial charge in [-0.25, -0.2) is 4.39 Å². The summed E-state index contributed by atoms with van der Waals surface area (Å²) >= 11 is 13.8.